The molecule has 0 aliphatic carbocycles. The highest BCUT2D eigenvalue weighted by Crippen LogP contribution is 2.20. The molecule has 1 aromatic heterocycles. The van der Waals surface area contributed by atoms with Gasteiger partial charge in [0.25, 0.3) is 0 Å². The maximum absolute atomic E-state index is 11.7. The molecule has 1 aliphatic heterocycles. The smallest absolute Gasteiger partial charge is 0.315 e. The maximum Gasteiger partial charge on any atom is 0.315 e. The van der Waals surface area contributed by atoms with E-state index in [1.54, 1.807) is 6.20 Å². The van der Waals surface area contributed by atoms with Crippen LogP contribution < -0.4 is 15.5 Å². The topological polar surface area (TPSA) is 73.1 Å². The number of hydrogen-bond donors (Lipinski definition) is 3. The Labute approximate surface area is 142 Å². The fourth-order valence-corrected chi connectivity index (χ4v) is 2.97. The Morgan fingerprint density at radius 3 is 2.58 bits per heavy atom. The van der Waals surface area contributed by atoms with Gasteiger partial charge in [0.05, 0.1) is 12.2 Å². The standard InChI is InChI=1S/C18H25N5O/c24-18(20-14-16-9-11-21-22-16)19-10-8-15-4-6-17(7-5-15)23-12-2-1-3-13-23/h4-7,9,11H,1-3,8,10,12-14H2,(H,21,22)(H2,19,20,24). The molecule has 0 bridgehead atoms. The number of benzene rings is 1. The molecule has 1 saturated heterocycles. The molecule has 24 heavy (non-hydrogen) atoms. The number of aromatic amines is 1. The minimum Gasteiger partial charge on any atom is -0.372 e. The van der Waals surface area contributed by atoms with Crippen LogP contribution in [-0.4, -0.2) is 35.9 Å². The molecule has 2 heterocycles. The number of piperidine rings is 1. The highest BCUT2D eigenvalue weighted by atomic mass is 16.2. The van der Waals surface area contributed by atoms with Gasteiger partial charge in [0.2, 0.25) is 0 Å². The Balaban J connectivity index is 1.37. The second-order valence-electron chi connectivity index (χ2n) is 6.16. The number of carbonyl (C=O) groups is 1. The third-order valence-corrected chi connectivity index (χ3v) is 4.35. The number of H-pyrrole nitrogens is 1. The summed E-state index contributed by atoms with van der Waals surface area (Å²) in [5.74, 6) is 0. The van der Waals surface area contributed by atoms with Gasteiger partial charge >= 0.3 is 6.03 Å². The predicted octanol–water partition coefficient (Wildman–Crippen LogP) is 2.44. The number of carbonyl (C=O) groups excluding carboxylic acids is 1. The molecule has 0 radical (unpaired) electrons. The fourth-order valence-electron chi connectivity index (χ4n) is 2.97. The Kier molecular flexibility index (Phi) is 5.71. The van der Waals surface area contributed by atoms with Gasteiger partial charge in [-0.05, 0) is 49.4 Å². The van der Waals surface area contributed by atoms with Gasteiger partial charge in [-0.2, -0.15) is 5.10 Å². The lowest BCUT2D eigenvalue weighted by Gasteiger charge is -2.28. The van der Waals surface area contributed by atoms with Crippen molar-refractivity contribution < 1.29 is 4.79 Å². The average molecular weight is 327 g/mol. The molecule has 6 nitrogen and oxygen atoms in total. The zero-order valence-electron chi connectivity index (χ0n) is 13.9. The summed E-state index contributed by atoms with van der Waals surface area (Å²) in [6, 6.07) is 10.4. The van der Waals surface area contributed by atoms with Crippen molar-refractivity contribution in [2.75, 3.05) is 24.5 Å². The molecule has 3 rings (SSSR count). The van der Waals surface area contributed by atoms with Crippen LogP contribution in [0.3, 0.4) is 0 Å². The lowest BCUT2D eigenvalue weighted by atomic mass is 10.1. The summed E-state index contributed by atoms with van der Waals surface area (Å²) < 4.78 is 0. The van der Waals surface area contributed by atoms with E-state index in [0.717, 1.165) is 25.2 Å². The number of nitrogens with zero attached hydrogens (tertiary/aromatic N) is 2. The molecule has 0 saturated carbocycles. The Morgan fingerprint density at radius 1 is 1.08 bits per heavy atom. The number of amides is 2. The summed E-state index contributed by atoms with van der Waals surface area (Å²) in [7, 11) is 0. The van der Waals surface area contributed by atoms with Crippen molar-refractivity contribution in [1.29, 1.82) is 0 Å². The molecule has 3 N–H and O–H groups in total. The first-order valence-corrected chi connectivity index (χ1v) is 8.65. The molecule has 1 aromatic carbocycles. The molecule has 0 atom stereocenters. The number of rotatable bonds is 6. The largest absolute Gasteiger partial charge is 0.372 e. The minimum absolute atomic E-state index is 0.158. The first-order chi connectivity index (χ1) is 11.8. The quantitative estimate of drug-likeness (QED) is 0.763. The zero-order chi connectivity index (χ0) is 16.6. The van der Waals surface area contributed by atoms with Gasteiger partial charge in [0.15, 0.2) is 0 Å². The van der Waals surface area contributed by atoms with Crippen molar-refractivity contribution >= 4 is 11.7 Å². The van der Waals surface area contributed by atoms with E-state index in [2.05, 4.69) is 50.0 Å². The Morgan fingerprint density at radius 2 is 1.88 bits per heavy atom. The van der Waals surface area contributed by atoms with Crippen molar-refractivity contribution in [2.24, 2.45) is 0 Å². The summed E-state index contributed by atoms with van der Waals surface area (Å²) in [5, 5.41) is 12.3. The van der Waals surface area contributed by atoms with E-state index in [4.69, 9.17) is 0 Å². The number of hydrogen-bond acceptors (Lipinski definition) is 3. The van der Waals surface area contributed by atoms with Gasteiger partial charge in [0.1, 0.15) is 0 Å². The summed E-state index contributed by atoms with van der Waals surface area (Å²) >= 11 is 0. The van der Waals surface area contributed by atoms with Crippen LogP contribution in [0.1, 0.15) is 30.5 Å². The van der Waals surface area contributed by atoms with Gasteiger partial charge in [-0.25, -0.2) is 4.79 Å². The van der Waals surface area contributed by atoms with Gasteiger partial charge in [0, 0.05) is 31.5 Å². The third-order valence-electron chi connectivity index (χ3n) is 4.35. The first kappa shape index (κ1) is 16.4. The summed E-state index contributed by atoms with van der Waals surface area (Å²) in [4.78, 5) is 14.2. The molecule has 6 heteroatoms. The van der Waals surface area contributed by atoms with Crippen LogP contribution in [-0.2, 0) is 13.0 Å². The SMILES string of the molecule is O=C(NCCc1ccc(N2CCCCC2)cc1)NCc1ccn[nH]1. The molecule has 1 aliphatic rings. The molecular weight excluding hydrogens is 302 g/mol. The lowest BCUT2D eigenvalue weighted by molar-refractivity contribution is 0.240. The van der Waals surface area contributed by atoms with Crippen LogP contribution in [0.5, 0.6) is 0 Å². The van der Waals surface area contributed by atoms with Crippen LogP contribution >= 0.6 is 0 Å². The van der Waals surface area contributed by atoms with Crippen molar-refractivity contribution in [3.8, 4) is 0 Å². The predicted molar refractivity (Wildman–Crippen MR) is 95.0 cm³/mol. The highest BCUT2D eigenvalue weighted by Gasteiger charge is 2.10. The summed E-state index contributed by atoms with van der Waals surface area (Å²) in [6.45, 7) is 3.41. The molecule has 2 amide bonds. The van der Waals surface area contributed by atoms with E-state index in [0.29, 0.717) is 13.1 Å². The lowest BCUT2D eigenvalue weighted by Crippen LogP contribution is -2.36. The fraction of sp³-hybridized carbons (Fsp3) is 0.444. The second kappa shape index (κ2) is 8.38. The molecule has 0 unspecified atom stereocenters. The average Bonchev–Trinajstić information content (AvgIpc) is 3.15. The van der Waals surface area contributed by atoms with E-state index in [1.165, 1.54) is 30.5 Å². The second-order valence-corrected chi connectivity index (χ2v) is 6.16. The van der Waals surface area contributed by atoms with E-state index >= 15 is 0 Å². The Hall–Kier alpha value is -2.50. The van der Waals surface area contributed by atoms with Crippen LogP contribution in [0.15, 0.2) is 36.5 Å². The number of anilines is 1. The van der Waals surface area contributed by atoms with Gasteiger partial charge in [-0.3, -0.25) is 5.10 Å². The van der Waals surface area contributed by atoms with Crippen molar-refractivity contribution in [3.05, 3.63) is 47.8 Å². The van der Waals surface area contributed by atoms with Crippen molar-refractivity contribution in [1.82, 2.24) is 20.8 Å². The molecule has 128 valence electrons. The van der Waals surface area contributed by atoms with E-state index in [1.807, 2.05) is 6.07 Å². The maximum atomic E-state index is 11.7. The number of aromatic nitrogens is 2. The van der Waals surface area contributed by atoms with Crippen LogP contribution in [0.2, 0.25) is 0 Å². The highest BCUT2D eigenvalue weighted by molar-refractivity contribution is 5.73. The van der Waals surface area contributed by atoms with E-state index < -0.39 is 0 Å². The van der Waals surface area contributed by atoms with Gasteiger partial charge in [-0.1, -0.05) is 12.1 Å². The first-order valence-electron chi connectivity index (χ1n) is 8.65. The monoisotopic (exact) mass is 327 g/mol. The van der Waals surface area contributed by atoms with Crippen molar-refractivity contribution in [3.63, 3.8) is 0 Å². The number of nitrogens with one attached hydrogen (secondary N) is 3. The van der Waals surface area contributed by atoms with Crippen molar-refractivity contribution in [2.45, 2.75) is 32.2 Å². The van der Waals surface area contributed by atoms with Crippen LogP contribution in [0.4, 0.5) is 10.5 Å². The molecular formula is C18H25N5O. The van der Waals surface area contributed by atoms with Crippen LogP contribution in [0.25, 0.3) is 0 Å². The van der Waals surface area contributed by atoms with Gasteiger partial charge < -0.3 is 15.5 Å². The summed E-state index contributed by atoms with van der Waals surface area (Å²) in [6.07, 6.45) is 6.43. The third kappa shape index (κ3) is 4.75. The molecule has 1 fully saturated rings. The number of urea groups is 1. The van der Waals surface area contributed by atoms with Crippen LogP contribution in [0, 0.1) is 0 Å². The Bertz CT molecular complexity index is 617. The molecule has 0 spiro atoms. The normalized spacial score (nSPS) is 14.4. The van der Waals surface area contributed by atoms with E-state index in [-0.39, 0.29) is 6.03 Å². The van der Waals surface area contributed by atoms with Gasteiger partial charge in [-0.15, -0.1) is 0 Å². The van der Waals surface area contributed by atoms with E-state index in [9.17, 15) is 4.79 Å². The summed E-state index contributed by atoms with van der Waals surface area (Å²) in [5.41, 5.74) is 3.44. The minimum atomic E-state index is -0.158. The molecule has 2 aromatic rings. The zero-order valence-corrected chi connectivity index (χ0v) is 13.9.